The lowest BCUT2D eigenvalue weighted by Crippen LogP contribution is -2.39. The van der Waals surface area contributed by atoms with Gasteiger partial charge in [0, 0.05) is 6.54 Å². The predicted molar refractivity (Wildman–Crippen MR) is 97.0 cm³/mol. The zero-order valence-corrected chi connectivity index (χ0v) is 16.8. The first-order chi connectivity index (χ1) is 12.9. The molecule has 2 aliphatic heterocycles. The quantitative estimate of drug-likeness (QED) is 0.339. The number of aliphatic hydroxyl groups excluding tert-OH is 1. The molecule has 3 N–H and O–H groups in total. The Morgan fingerprint density at radius 2 is 2.30 bits per heavy atom. The second-order valence-electron chi connectivity index (χ2n) is 6.32. The molecule has 2 aromatic heterocycles. The molecule has 0 radical (unpaired) electrons. The van der Waals surface area contributed by atoms with Crippen molar-refractivity contribution in [2.45, 2.75) is 44.3 Å². The summed E-state index contributed by atoms with van der Waals surface area (Å²) in [6, 6.07) is 0. The third-order valence-electron chi connectivity index (χ3n) is 4.48. The number of aromatic nitrogens is 4. The minimum atomic E-state index is -4.19. The van der Waals surface area contributed by atoms with Gasteiger partial charge in [0.1, 0.15) is 24.6 Å². The maximum atomic E-state index is 11.7. The fraction of sp³-hybridized carbons (Fsp3) is 0.643. The van der Waals surface area contributed by atoms with Gasteiger partial charge in [0.05, 0.1) is 6.61 Å². The SMILES string of the molecule is CCCCNc1ncnc2c1nc(Br)n2C1OC2COP(=O)(O)OC2C1O. The predicted octanol–water partition coefficient (Wildman–Crippen LogP) is 1.57. The molecule has 13 heteroatoms. The minimum Gasteiger partial charge on any atom is -0.386 e. The van der Waals surface area contributed by atoms with Gasteiger partial charge in [-0.05, 0) is 22.4 Å². The van der Waals surface area contributed by atoms with Crippen LogP contribution in [0, 0.1) is 0 Å². The van der Waals surface area contributed by atoms with Gasteiger partial charge in [0.25, 0.3) is 0 Å². The lowest BCUT2D eigenvalue weighted by molar-refractivity contribution is -0.0669. The average Bonchev–Trinajstić information content (AvgIpc) is 3.11. The lowest BCUT2D eigenvalue weighted by atomic mass is 10.1. The summed E-state index contributed by atoms with van der Waals surface area (Å²) in [4.78, 5) is 22.5. The zero-order valence-electron chi connectivity index (χ0n) is 14.4. The fourth-order valence-corrected chi connectivity index (χ4v) is 4.68. The number of anilines is 1. The highest BCUT2D eigenvalue weighted by molar-refractivity contribution is 9.10. The van der Waals surface area contributed by atoms with E-state index in [1.165, 1.54) is 6.33 Å². The van der Waals surface area contributed by atoms with Crippen LogP contribution in [0.5, 0.6) is 0 Å². The van der Waals surface area contributed by atoms with Gasteiger partial charge < -0.3 is 20.1 Å². The monoisotopic (exact) mass is 463 g/mol. The van der Waals surface area contributed by atoms with E-state index in [9.17, 15) is 14.6 Å². The Morgan fingerprint density at radius 1 is 1.48 bits per heavy atom. The molecule has 0 aromatic carbocycles. The number of hydrogen-bond donors (Lipinski definition) is 3. The standard InChI is InChI=1S/C14H19BrN5O6P/c1-2-3-4-16-11-8-12(18-6-17-11)20(14(15)19-8)13-9(21)10-7(25-13)5-24-27(22,23)26-10/h6-7,9-10,13,21H,2-5H2,1H3,(H,22,23)(H,16,17,18). The number of ether oxygens (including phenoxy) is 1. The van der Waals surface area contributed by atoms with Crippen molar-refractivity contribution in [1.82, 2.24) is 19.5 Å². The molecule has 148 valence electrons. The summed E-state index contributed by atoms with van der Waals surface area (Å²) in [6.07, 6.45) is -0.378. The second-order valence-corrected chi connectivity index (χ2v) is 8.43. The number of halogens is 1. The summed E-state index contributed by atoms with van der Waals surface area (Å²) >= 11 is 3.37. The largest absolute Gasteiger partial charge is 0.472 e. The van der Waals surface area contributed by atoms with Gasteiger partial charge in [-0.1, -0.05) is 13.3 Å². The van der Waals surface area contributed by atoms with Gasteiger partial charge in [-0.15, -0.1) is 0 Å². The first-order valence-corrected chi connectivity index (χ1v) is 10.8. The molecule has 5 atom stereocenters. The van der Waals surface area contributed by atoms with E-state index in [1.807, 2.05) is 0 Å². The molecule has 2 fully saturated rings. The van der Waals surface area contributed by atoms with Gasteiger partial charge in [-0.2, -0.15) is 0 Å². The number of fused-ring (bicyclic) bond motifs is 2. The highest BCUT2D eigenvalue weighted by Crippen LogP contribution is 2.52. The number of imidazole rings is 1. The van der Waals surface area contributed by atoms with Crippen LogP contribution < -0.4 is 5.32 Å². The van der Waals surface area contributed by atoms with Crippen LogP contribution in [0.3, 0.4) is 0 Å². The van der Waals surface area contributed by atoms with Crippen LogP contribution in [0.25, 0.3) is 11.2 Å². The van der Waals surface area contributed by atoms with Crippen LogP contribution in [0.2, 0.25) is 0 Å². The topological polar surface area (TPSA) is 141 Å². The molecule has 11 nitrogen and oxygen atoms in total. The number of phosphoric ester groups is 1. The Labute approximate surface area is 162 Å². The van der Waals surface area contributed by atoms with E-state index in [2.05, 4.69) is 43.1 Å². The van der Waals surface area contributed by atoms with E-state index in [0.717, 1.165) is 19.4 Å². The molecular weight excluding hydrogens is 445 g/mol. The Morgan fingerprint density at radius 3 is 3.07 bits per heavy atom. The Bertz CT molecular complexity index is 896. The summed E-state index contributed by atoms with van der Waals surface area (Å²) in [5.41, 5.74) is 0.975. The number of hydrogen-bond acceptors (Lipinski definition) is 9. The molecule has 2 aliphatic rings. The molecule has 27 heavy (non-hydrogen) atoms. The highest BCUT2D eigenvalue weighted by Gasteiger charge is 2.53. The van der Waals surface area contributed by atoms with E-state index in [1.54, 1.807) is 4.57 Å². The van der Waals surface area contributed by atoms with E-state index >= 15 is 0 Å². The molecule has 4 heterocycles. The van der Waals surface area contributed by atoms with Gasteiger partial charge in [-0.25, -0.2) is 19.5 Å². The molecular formula is C14H19BrN5O6P. The number of aliphatic hydroxyl groups is 1. The summed E-state index contributed by atoms with van der Waals surface area (Å²) in [5, 5.41) is 13.9. The zero-order chi connectivity index (χ0) is 19.2. The van der Waals surface area contributed by atoms with Crippen LogP contribution >= 0.6 is 23.8 Å². The molecule has 2 saturated heterocycles. The van der Waals surface area contributed by atoms with Crippen molar-refractivity contribution in [3.8, 4) is 0 Å². The average molecular weight is 464 g/mol. The van der Waals surface area contributed by atoms with Crippen LogP contribution in [0.1, 0.15) is 26.0 Å². The fourth-order valence-electron chi connectivity index (χ4n) is 3.17. The summed E-state index contributed by atoms with van der Waals surface area (Å²) in [5.74, 6) is 0.581. The van der Waals surface area contributed by atoms with Crippen LogP contribution in [0.15, 0.2) is 11.1 Å². The first-order valence-electron chi connectivity index (χ1n) is 8.53. The Kier molecular flexibility index (Phi) is 5.23. The normalized spacial score (nSPS) is 33.3. The molecule has 0 spiro atoms. The number of unbranched alkanes of at least 4 members (excludes halogenated alkanes) is 1. The van der Waals surface area contributed by atoms with Crippen molar-refractivity contribution in [2.75, 3.05) is 18.5 Å². The highest BCUT2D eigenvalue weighted by atomic mass is 79.9. The van der Waals surface area contributed by atoms with Gasteiger partial charge >= 0.3 is 7.82 Å². The number of phosphoric acid groups is 1. The lowest BCUT2D eigenvalue weighted by Gasteiger charge is -2.27. The third-order valence-corrected chi connectivity index (χ3v) is 6.02. The number of rotatable bonds is 5. The van der Waals surface area contributed by atoms with Crippen molar-refractivity contribution in [3.05, 3.63) is 11.1 Å². The van der Waals surface area contributed by atoms with E-state index in [0.29, 0.717) is 21.7 Å². The maximum Gasteiger partial charge on any atom is 0.472 e. The van der Waals surface area contributed by atoms with Crippen molar-refractivity contribution < 1.29 is 28.3 Å². The van der Waals surface area contributed by atoms with Crippen LogP contribution in [-0.2, 0) is 18.3 Å². The summed E-state index contributed by atoms with van der Waals surface area (Å²) < 4.78 is 29.2. The minimum absolute atomic E-state index is 0.158. The molecule has 0 saturated carbocycles. The smallest absolute Gasteiger partial charge is 0.386 e. The second kappa shape index (κ2) is 7.36. The molecule has 0 aliphatic carbocycles. The maximum absolute atomic E-state index is 11.7. The van der Waals surface area contributed by atoms with Crippen molar-refractivity contribution in [1.29, 1.82) is 0 Å². The number of nitrogens with one attached hydrogen (secondary N) is 1. The van der Waals surface area contributed by atoms with Gasteiger partial charge in [0.2, 0.25) is 0 Å². The van der Waals surface area contributed by atoms with Crippen molar-refractivity contribution >= 4 is 40.7 Å². The van der Waals surface area contributed by atoms with Gasteiger partial charge in [-0.3, -0.25) is 13.6 Å². The molecule has 5 unspecified atom stereocenters. The molecule has 2 aromatic rings. The molecule has 0 amide bonds. The summed E-state index contributed by atoms with van der Waals surface area (Å²) in [6.45, 7) is 2.68. The Balaban J connectivity index is 1.67. The van der Waals surface area contributed by atoms with Gasteiger partial charge in [0.15, 0.2) is 27.9 Å². The van der Waals surface area contributed by atoms with Crippen molar-refractivity contribution in [2.24, 2.45) is 0 Å². The van der Waals surface area contributed by atoms with Crippen LogP contribution in [-0.4, -0.2) is 61.0 Å². The summed E-state index contributed by atoms with van der Waals surface area (Å²) in [7, 11) is -4.19. The Hall–Kier alpha value is -1.14. The van der Waals surface area contributed by atoms with E-state index in [4.69, 9.17) is 13.8 Å². The van der Waals surface area contributed by atoms with Crippen molar-refractivity contribution in [3.63, 3.8) is 0 Å². The van der Waals surface area contributed by atoms with E-state index in [-0.39, 0.29) is 6.61 Å². The first kappa shape index (κ1) is 19.2. The van der Waals surface area contributed by atoms with E-state index < -0.39 is 32.4 Å². The van der Waals surface area contributed by atoms with Crippen LogP contribution in [0.4, 0.5) is 5.82 Å². The molecule has 0 bridgehead atoms. The molecule has 4 rings (SSSR count). The third kappa shape index (κ3) is 3.51. The number of nitrogens with zero attached hydrogens (tertiary/aromatic N) is 4.